The maximum atomic E-state index is 13.2. The number of phenols is 1. The van der Waals surface area contributed by atoms with Gasteiger partial charge in [0, 0.05) is 30.2 Å². The van der Waals surface area contributed by atoms with Gasteiger partial charge in [0.2, 0.25) is 0 Å². The number of ether oxygens (including phenoxy) is 1. The van der Waals surface area contributed by atoms with Crippen molar-refractivity contribution in [2.24, 2.45) is 4.99 Å². The Hall–Kier alpha value is -2.96. The van der Waals surface area contributed by atoms with E-state index in [1.54, 1.807) is 36.0 Å². The van der Waals surface area contributed by atoms with E-state index in [1.165, 1.54) is 12.3 Å². The van der Waals surface area contributed by atoms with E-state index >= 15 is 0 Å². The number of rotatable bonds is 3. The number of amides is 1. The summed E-state index contributed by atoms with van der Waals surface area (Å²) in [6.07, 6.45) is 5.33. The van der Waals surface area contributed by atoms with Crippen LogP contribution in [-0.2, 0) is 4.74 Å². The summed E-state index contributed by atoms with van der Waals surface area (Å²) in [5.41, 5.74) is 0.00953. The van der Waals surface area contributed by atoms with Crippen LogP contribution in [0.3, 0.4) is 0 Å². The SMILES string of the molecule is CCOC(=O)N=c1ccn(/C=C/c2cc(F)cc(F)c2O)cc1. The maximum absolute atomic E-state index is 13.2. The van der Waals surface area contributed by atoms with Crippen molar-refractivity contribution >= 4 is 18.4 Å². The average Bonchev–Trinajstić information content (AvgIpc) is 2.51. The van der Waals surface area contributed by atoms with Crippen LogP contribution in [0.15, 0.2) is 41.7 Å². The highest BCUT2D eigenvalue weighted by molar-refractivity contribution is 5.68. The van der Waals surface area contributed by atoms with Crippen molar-refractivity contribution in [3.05, 3.63) is 59.2 Å². The van der Waals surface area contributed by atoms with Crippen LogP contribution in [0.1, 0.15) is 12.5 Å². The summed E-state index contributed by atoms with van der Waals surface area (Å²) in [6, 6.07) is 4.74. The van der Waals surface area contributed by atoms with Crippen LogP contribution in [0.2, 0.25) is 0 Å². The lowest BCUT2D eigenvalue weighted by molar-refractivity contribution is 0.162. The van der Waals surface area contributed by atoms with E-state index in [-0.39, 0.29) is 12.2 Å². The Morgan fingerprint density at radius 2 is 2.04 bits per heavy atom. The third-order valence-electron chi connectivity index (χ3n) is 2.81. The number of hydrogen-bond donors (Lipinski definition) is 1. The molecule has 0 atom stereocenters. The van der Waals surface area contributed by atoms with Gasteiger partial charge in [-0.1, -0.05) is 0 Å². The molecule has 0 fully saturated rings. The first-order chi connectivity index (χ1) is 11.0. The second-order valence-electron chi connectivity index (χ2n) is 4.46. The number of carbonyl (C=O) groups excluding carboxylic acids is 1. The van der Waals surface area contributed by atoms with Crippen molar-refractivity contribution in [3.63, 3.8) is 0 Å². The van der Waals surface area contributed by atoms with Crippen molar-refractivity contribution in [1.29, 1.82) is 0 Å². The van der Waals surface area contributed by atoms with Gasteiger partial charge in [0.15, 0.2) is 11.6 Å². The maximum Gasteiger partial charge on any atom is 0.434 e. The quantitative estimate of drug-likeness (QED) is 0.945. The van der Waals surface area contributed by atoms with Crippen LogP contribution >= 0.6 is 0 Å². The minimum absolute atomic E-state index is 0.00953. The topological polar surface area (TPSA) is 63.8 Å². The summed E-state index contributed by atoms with van der Waals surface area (Å²) < 4.78 is 32.6. The second kappa shape index (κ2) is 7.35. The lowest BCUT2D eigenvalue weighted by Crippen LogP contribution is -2.08. The van der Waals surface area contributed by atoms with Gasteiger partial charge in [0.1, 0.15) is 5.82 Å². The fourth-order valence-corrected chi connectivity index (χ4v) is 1.74. The first-order valence-corrected chi connectivity index (χ1v) is 6.75. The van der Waals surface area contributed by atoms with Gasteiger partial charge < -0.3 is 14.4 Å². The number of benzene rings is 1. The molecule has 0 radical (unpaired) electrons. The first kappa shape index (κ1) is 16.4. The zero-order valence-electron chi connectivity index (χ0n) is 12.2. The molecule has 1 amide bonds. The van der Waals surface area contributed by atoms with Crippen molar-refractivity contribution in [1.82, 2.24) is 4.57 Å². The minimum atomic E-state index is -1.03. The molecule has 0 unspecified atom stereocenters. The highest BCUT2D eigenvalue weighted by Crippen LogP contribution is 2.23. The van der Waals surface area contributed by atoms with Gasteiger partial charge in [0.25, 0.3) is 0 Å². The summed E-state index contributed by atoms with van der Waals surface area (Å²) in [7, 11) is 0. The summed E-state index contributed by atoms with van der Waals surface area (Å²) in [4.78, 5) is 14.9. The van der Waals surface area contributed by atoms with E-state index in [0.29, 0.717) is 11.4 Å². The Labute approximate surface area is 130 Å². The Kier molecular flexibility index (Phi) is 5.24. The summed E-state index contributed by atoms with van der Waals surface area (Å²) in [5.74, 6) is -2.44. The molecule has 0 bridgehead atoms. The molecular weight excluding hydrogens is 306 g/mol. The van der Waals surface area contributed by atoms with Gasteiger partial charge in [-0.15, -0.1) is 0 Å². The molecule has 1 N–H and O–H groups in total. The molecule has 2 rings (SSSR count). The third kappa shape index (κ3) is 4.50. The predicted octanol–water partition coefficient (Wildman–Crippen LogP) is 3.16. The van der Waals surface area contributed by atoms with E-state index in [9.17, 15) is 18.7 Å². The molecule has 5 nitrogen and oxygen atoms in total. The fraction of sp³-hybridized carbons (Fsp3) is 0.125. The molecule has 0 aliphatic heterocycles. The zero-order chi connectivity index (χ0) is 16.8. The molecule has 0 aliphatic rings. The number of carbonyl (C=O) groups is 1. The Morgan fingerprint density at radius 1 is 1.35 bits per heavy atom. The van der Waals surface area contributed by atoms with E-state index in [2.05, 4.69) is 4.99 Å². The number of aromatic nitrogens is 1. The summed E-state index contributed by atoms with van der Waals surface area (Å²) >= 11 is 0. The monoisotopic (exact) mass is 320 g/mol. The van der Waals surface area contributed by atoms with Crippen LogP contribution in [-0.4, -0.2) is 22.4 Å². The number of aromatic hydroxyl groups is 1. The molecule has 1 aromatic heterocycles. The fourth-order valence-electron chi connectivity index (χ4n) is 1.74. The molecule has 0 saturated heterocycles. The normalized spacial score (nSPS) is 10.7. The van der Waals surface area contributed by atoms with Crippen LogP contribution in [0.25, 0.3) is 12.3 Å². The van der Waals surface area contributed by atoms with Crippen LogP contribution in [0.4, 0.5) is 13.6 Å². The first-order valence-electron chi connectivity index (χ1n) is 6.75. The number of hydrogen-bond acceptors (Lipinski definition) is 3. The second-order valence-corrected chi connectivity index (χ2v) is 4.46. The minimum Gasteiger partial charge on any atom is -0.504 e. The standard InChI is InChI=1S/C16H14F2N2O3/c1-2-23-16(22)19-13-4-7-20(8-5-13)6-3-11-9-12(17)10-14(18)15(11)21/h3-10,21H,2H2,1H3/b6-3+. The summed E-state index contributed by atoms with van der Waals surface area (Å²) in [5, 5.41) is 9.94. The van der Waals surface area contributed by atoms with Crippen molar-refractivity contribution < 1.29 is 23.4 Å². The smallest absolute Gasteiger partial charge is 0.434 e. The van der Waals surface area contributed by atoms with Gasteiger partial charge in [-0.25, -0.2) is 13.6 Å². The number of nitrogens with zero attached hydrogens (tertiary/aromatic N) is 2. The molecule has 0 saturated carbocycles. The number of halogens is 2. The molecule has 23 heavy (non-hydrogen) atoms. The van der Waals surface area contributed by atoms with Crippen LogP contribution < -0.4 is 5.36 Å². The molecule has 0 spiro atoms. The lowest BCUT2D eigenvalue weighted by Gasteiger charge is -2.02. The molecule has 120 valence electrons. The van der Waals surface area contributed by atoms with Gasteiger partial charge >= 0.3 is 6.09 Å². The van der Waals surface area contributed by atoms with Gasteiger partial charge in [-0.3, -0.25) is 0 Å². The average molecular weight is 320 g/mol. The highest BCUT2D eigenvalue weighted by Gasteiger charge is 2.07. The van der Waals surface area contributed by atoms with E-state index in [1.807, 2.05) is 0 Å². The molecule has 1 heterocycles. The van der Waals surface area contributed by atoms with Gasteiger partial charge in [-0.05, 0) is 31.2 Å². The molecule has 0 aliphatic carbocycles. The molecule has 2 aromatic rings. The summed E-state index contributed by atoms with van der Waals surface area (Å²) in [6.45, 7) is 1.92. The number of phenolic OH excluding ortho intramolecular Hbond substituents is 1. The third-order valence-corrected chi connectivity index (χ3v) is 2.81. The van der Waals surface area contributed by atoms with Gasteiger partial charge in [0.05, 0.1) is 12.0 Å². The van der Waals surface area contributed by atoms with E-state index < -0.39 is 23.5 Å². The van der Waals surface area contributed by atoms with E-state index in [0.717, 1.165) is 6.07 Å². The van der Waals surface area contributed by atoms with Crippen molar-refractivity contribution in [2.75, 3.05) is 6.61 Å². The lowest BCUT2D eigenvalue weighted by atomic mass is 10.2. The highest BCUT2D eigenvalue weighted by atomic mass is 19.1. The molecule has 1 aromatic carbocycles. The van der Waals surface area contributed by atoms with Gasteiger partial charge in [-0.2, -0.15) is 4.99 Å². The Bertz CT molecular complexity index is 793. The predicted molar refractivity (Wildman–Crippen MR) is 80.3 cm³/mol. The van der Waals surface area contributed by atoms with E-state index in [4.69, 9.17) is 4.74 Å². The van der Waals surface area contributed by atoms with Crippen LogP contribution in [0.5, 0.6) is 5.75 Å². The zero-order valence-corrected chi connectivity index (χ0v) is 12.2. The Balaban J connectivity index is 2.20. The Morgan fingerprint density at radius 3 is 2.70 bits per heavy atom. The largest absolute Gasteiger partial charge is 0.504 e. The molecule has 7 heteroatoms. The van der Waals surface area contributed by atoms with Crippen molar-refractivity contribution in [3.8, 4) is 5.75 Å². The molecular formula is C16H14F2N2O3. The van der Waals surface area contributed by atoms with Crippen LogP contribution in [0, 0.1) is 11.6 Å². The number of pyridine rings is 1. The van der Waals surface area contributed by atoms with Crippen molar-refractivity contribution in [2.45, 2.75) is 6.92 Å².